The van der Waals surface area contributed by atoms with E-state index in [1.165, 1.54) is 0 Å². The lowest BCUT2D eigenvalue weighted by Crippen LogP contribution is -2.39. The lowest BCUT2D eigenvalue weighted by Gasteiger charge is -2.30. The van der Waals surface area contributed by atoms with Gasteiger partial charge in [-0.05, 0) is 48.8 Å². The second-order valence-corrected chi connectivity index (χ2v) is 9.50. The third-order valence-corrected chi connectivity index (χ3v) is 6.52. The van der Waals surface area contributed by atoms with Crippen molar-refractivity contribution in [3.63, 3.8) is 0 Å². The van der Waals surface area contributed by atoms with Crippen molar-refractivity contribution in [2.75, 3.05) is 19.6 Å². The number of nitrogens with zero attached hydrogens (tertiary/aromatic N) is 2. The van der Waals surface area contributed by atoms with Gasteiger partial charge < -0.3 is 11.1 Å². The second-order valence-electron chi connectivity index (χ2n) is 7.57. The summed E-state index contributed by atoms with van der Waals surface area (Å²) >= 11 is 0. The molecular weight excluding hydrogens is 475 g/mol. The van der Waals surface area contributed by atoms with Crippen molar-refractivity contribution in [1.29, 1.82) is 0 Å². The maximum absolute atomic E-state index is 12.8. The van der Waals surface area contributed by atoms with Gasteiger partial charge in [-0.2, -0.15) is 4.31 Å². The summed E-state index contributed by atoms with van der Waals surface area (Å²) in [5.74, 6) is 1.45. The molecule has 1 aliphatic rings. The maximum Gasteiger partial charge on any atom is 0.243 e. The third kappa shape index (κ3) is 7.57. The van der Waals surface area contributed by atoms with E-state index in [9.17, 15) is 8.42 Å². The molecule has 0 amide bonds. The molecule has 8 heteroatoms. The number of piperidine rings is 1. The Bertz CT molecular complexity index is 705. The first-order chi connectivity index (χ1) is 12.3. The zero-order chi connectivity index (χ0) is 19.2. The standard InChI is InChI=1S/C19H32N4O2S.HI/c1-15(2)10-11-21-19(20)22-13-17-6-8-18(9-7-17)26(24,25)23-12-4-5-16(3)14-23;/h6-9,15-16H,4-5,10-14H2,1-3H3,(H3,20,21,22);1H. The van der Waals surface area contributed by atoms with Gasteiger partial charge >= 0.3 is 0 Å². The van der Waals surface area contributed by atoms with Crippen LogP contribution in [0.2, 0.25) is 0 Å². The van der Waals surface area contributed by atoms with E-state index in [1.54, 1.807) is 16.4 Å². The van der Waals surface area contributed by atoms with Gasteiger partial charge in [0.2, 0.25) is 10.0 Å². The molecule has 154 valence electrons. The van der Waals surface area contributed by atoms with Crippen LogP contribution in [-0.4, -0.2) is 38.3 Å². The van der Waals surface area contributed by atoms with Crippen molar-refractivity contribution < 1.29 is 8.42 Å². The van der Waals surface area contributed by atoms with Crippen LogP contribution in [0.1, 0.15) is 45.6 Å². The number of sulfonamides is 1. The molecule has 3 N–H and O–H groups in total. The third-order valence-electron chi connectivity index (χ3n) is 4.64. The summed E-state index contributed by atoms with van der Waals surface area (Å²) in [6, 6.07) is 6.96. The van der Waals surface area contributed by atoms with E-state index in [4.69, 9.17) is 5.73 Å². The maximum atomic E-state index is 12.8. The molecule has 0 aromatic heterocycles. The van der Waals surface area contributed by atoms with Gasteiger partial charge in [-0.15, -0.1) is 24.0 Å². The fourth-order valence-electron chi connectivity index (χ4n) is 3.00. The van der Waals surface area contributed by atoms with Crippen LogP contribution in [0.4, 0.5) is 0 Å². The molecule has 0 spiro atoms. The average molecular weight is 508 g/mol. The topological polar surface area (TPSA) is 87.8 Å². The Labute approximate surface area is 181 Å². The number of nitrogens with two attached hydrogens (primary N) is 1. The quantitative estimate of drug-likeness (QED) is 0.337. The number of guanidine groups is 1. The Morgan fingerprint density at radius 2 is 2.00 bits per heavy atom. The summed E-state index contributed by atoms with van der Waals surface area (Å²) < 4.78 is 27.1. The SMILES string of the molecule is CC(C)CCNC(N)=NCc1ccc(S(=O)(=O)N2CCCC(C)C2)cc1.I. The van der Waals surface area contributed by atoms with E-state index < -0.39 is 10.0 Å². The zero-order valence-corrected chi connectivity index (χ0v) is 19.7. The molecule has 0 bridgehead atoms. The van der Waals surface area contributed by atoms with E-state index in [1.807, 2.05) is 12.1 Å². The molecular formula is C19H33IN4O2S. The van der Waals surface area contributed by atoms with Crippen molar-refractivity contribution in [2.24, 2.45) is 22.6 Å². The summed E-state index contributed by atoms with van der Waals surface area (Å²) in [6.45, 7) is 8.87. The molecule has 1 heterocycles. The molecule has 1 unspecified atom stereocenters. The molecule has 1 aromatic rings. The first kappa shape index (κ1) is 24.2. The molecule has 1 fully saturated rings. The lowest BCUT2D eigenvalue weighted by molar-refractivity contribution is 0.281. The Morgan fingerprint density at radius 3 is 2.59 bits per heavy atom. The molecule has 0 saturated carbocycles. The van der Waals surface area contributed by atoms with Crippen molar-refractivity contribution >= 4 is 40.0 Å². The van der Waals surface area contributed by atoms with Gasteiger partial charge in [0, 0.05) is 19.6 Å². The molecule has 1 aromatic carbocycles. The predicted molar refractivity (Wildman–Crippen MR) is 122 cm³/mol. The first-order valence-corrected chi connectivity index (χ1v) is 10.9. The second kappa shape index (κ2) is 11.2. The zero-order valence-electron chi connectivity index (χ0n) is 16.5. The summed E-state index contributed by atoms with van der Waals surface area (Å²) in [5, 5.41) is 3.09. The van der Waals surface area contributed by atoms with Gasteiger partial charge in [0.1, 0.15) is 0 Å². The van der Waals surface area contributed by atoms with E-state index in [0.29, 0.717) is 42.3 Å². The minimum atomic E-state index is -3.40. The van der Waals surface area contributed by atoms with E-state index >= 15 is 0 Å². The van der Waals surface area contributed by atoms with Crippen LogP contribution in [0.3, 0.4) is 0 Å². The Kier molecular flexibility index (Phi) is 10.0. The van der Waals surface area contributed by atoms with Crippen LogP contribution in [0.25, 0.3) is 0 Å². The minimum Gasteiger partial charge on any atom is -0.370 e. The van der Waals surface area contributed by atoms with Gasteiger partial charge in [0.25, 0.3) is 0 Å². The van der Waals surface area contributed by atoms with Crippen molar-refractivity contribution in [1.82, 2.24) is 9.62 Å². The van der Waals surface area contributed by atoms with Crippen LogP contribution in [0.5, 0.6) is 0 Å². The highest BCUT2D eigenvalue weighted by atomic mass is 127. The molecule has 2 rings (SSSR count). The van der Waals surface area contributed by atoms with Gasteiger partial charge in [-0.1, -0.05) is 32.9 Å². The smallest absolute Gasteiger partial charge is 0.243 e. The Balaban J connectivity index is 0.00000364. The number of nitrogens with one attached hydrogen (secondary N) is 1. The summed E-state index contributed by atoms with van der Waals surface area (Å²) in [6.07, 6.45) is 3.06. The number of hydrogen-bond acceptors (Lipinski definition) is 3. The lowest BCUT2D eigenvalue weighted by atomic mass is 10.0. The highest BCUT2D eigenvalue weighted by molar-refractivity contribution is 14.0. The number of hydrogen-bond donors (Lipinski definition) is 2. The molecule has 1 aliphatic heterocycles. The summed E-state index contributed by atoms with van der Waals surface area (Å²) in [4.78, 5) is 4.66. The van der Waals surface area contributed by atoms with Crippen LogP contribution in [-0.2, 0) is 16.6 Å². The normalized spacial score (nSPS) is 19.0. The van der Waals surface area contributed by atoms with Gasteiger partial charge in [-0.25, -0.2) is 13.4 Å². The largest absolute Gasteiger partial charge is 0.370 e. The van der Waals surface area contributed by atoms with E-state index in [0.717, 1.165) is 31.4 Å². The molecule has 0 aliphatic carbocycles. The number of benzene rings is 1. The highest BCUT2D eigenvalue weighted by Crippen LogP contribution is 2.23. The Hall–Kier alpha value is -0.870. The fourth-order valence-corrected chi connectivity index (χ4v) is 4.60. The molecule has 6 nitrogen and oxygen atoms in total. The van der Waals surface area contributed by atoms with Crippen LogP contribution < -0.4 is 11.1 Å². The fraction of sp³-hybridized carbons (Fsp3) is 0.632. The van der Waals surface area contributed by atoms with Gasteiger partial charge in [0.05, 0.1) is 11.4 Å². The van der Waals surface area contributed by atoms with Crippen molar-refractivity contribution in [2.45, 2.75) is 51.5 Å². The molecule has 27 heavy (non-hydrogen) atoms. The number of aliphatic imine (C=N–C) groups is 1. The van der Waals surface area contributed by atoms with Crippen molar-refractivity contribution in [3.05, 3.63) is 29.8 Å². The molecule has 0 radical (unpaired) electrons. The first-order valence-electron chi connectivity index (χ1n) is 9.42. The summed E-state index contributed by atoms with van der Waals surface area (Å²) in [7, 11) is -3.40. The average Bonchev–Trinajstić information content (AvgIpc) is 2.60. The monoisotopic (exact) mass is 508 g/mol. The van der Waals surface area contributed by atoms with Crippen LogP contribution in [0.15, 0.2) is 34.2 Å². The van der Waals surface area contributed by atoms with Gasteiger partial charge in [0.15, 0.2) is 5.96 Å². The van der Waals surface area contributed by atoms with Crippen molar-refractivity contribution in [3.8, 4) is 0 Å². The molecule has 1 atom stereocenters. The van der Waals surface area contributed by atoms with Crippen LogP contribution in [0, 0.1) is 11.8 Å². The number of halogens is 1. The van der Waals surface area contributed by atoms with Gasteiger partial charge in [-0.3, -0.25) is 0 Å². The van der Waals surface area contributed by atoms with Crippen LogP contribution >= 0.6 is 24.0 Å². The summed E-state index contributed by atoms with van der Waals surface area (Å²) in [5.41, 5.74) is 6.79. The molecule has 1 saturated heterocycles. The highest BCUT2D eigenvalue weighted by Gasteiger charge is 2.28. The van der Waals surface area contributed by atoms with E-state index in [2.05, 4.69) is 31.1 Å². The predicted octanol–water partition coefficient (Wildman–Crippen LogP) is 3.18. The number of rotatable bonds is 7. The van der Waals surface area contributed by atoms with E-state index in [-0.39, 0.29) is 24.0 Å². The minimum absolute atomic E-state index is 0. The Morgan fingerprint density at radius 1 is 1.33 bits per heavy atom.